The third kappa shape index (κ3) is 1.76. The van der Waals surface area contributed by atoms with Crippen LogP contribution in [-0.4, -0.2) is 28.5 Å². The maximum Gasteiger partial charge on any atom is 0.417 e. The predicted octanol–water partition coefficient (Wildman–Crippen LogP) is 1.85. The van der Waals surface area contributed by atoms with Crippen molar-refractivity contribution in [1.29, 1.82) is 0 Å². The SMILES string of the molecule is CC(C)(C)OC(=O)N1C(=O)C2=CC[C@@H]1C2. The molecule has 1 saturated heterocycles. The van der Waals surface area contributed by atoms with Gasteiger partial charge in [0.15, 0.2) is 0 Å². The first-order valence-electron chi connectivity index (χ1n) is 5.14. The van der Waals surface area contributed by atoms with E-state index >= 15 is 0 Å². The van der Waals surface area contributed by atoms with Gasteiger partial charge in [-0.15, -0.1) is 0 Å². The highest BCUT2D eigenvalue weighted by atomic mass is 16.6. The standard InChI is InChI=1S/C11H15NO3/c1-11(2,3)15-10(14)12-8-5-4-7(6-8)9(12)13/h4,8H,5-6H2,1-3H3/t8-/m1/s1. The minimum Gasteiger partial charge on any atom is -0.443 e. The lowest BCUT2D eigenvalue weighted by atomic mass is 10.2. The zero-order valence-electron chi connectivity index (χ0n) is 9.24. The van der Waals surface area contributed by atoms with Crippen LogP contribution in [0.2, 0.25) is 0 Å². The highest BCUT2D eigenvalue weighted by molar-refractivity contribution is 6.06. The molecule has 0 spiro atoms. The minimum absolute atomic E-state index is 0.00218. The fourth-order valence-electron chi connectivity index (χ4n) is 1.93. The van der Waals surface area contributed by atoms with E-state index < -0.39 is 11.7 Å². The lowest BCUT2D eigenvalue weighted by Gasteiger charge is -2.27. The average Bonchev–Trinajstić information content (AvgIpc) is 2.59. The van der Waals surface area contributed by atoms with Gasteiger partial charge in [-0.3, -0.25) is 4.79 Å². The lowest BCUT2D eigenvalue weighted by Crippen LogP contribution is -2.43. The van der Waals surface area contributed by atoms with Crippen LogP contribution in [-0.2, 0) is 9.53 Å². The number of ether oxygens (including phenoxy) is 1. The normalized spacial score (nSPS) is 24.5. The number of rotatable bonds is 0. The highest BCUT2D eigenvalue weighted by Crippen LogP contribution is 2.34. The number of hydrogen-bond acceptors (Lipinski definition) is 3. The van der Waals surface area contributed by atoms with Crippen molar-refractivity contribution in [3.05, 3.63) is 11.6 Å². The molecule has 0 aromatic rings. The van der Waals surface area contributed by atoms with Crippen molar-refractivity contribution >= 4 is 12.0 Å². The molecule has 2 rings (SSSR count). The Morgan fingerprint density at radius 2 is 2.20 bits per heavy atom. The summed E-state index contributed by atoms with van der Waals surface area (Å²) in [5, 5.41) is 0. The summed E-state index contributed by atoms with van der Waals surface area (Å²) < 4.78 is 5.18. The number of nitrogens with zero attached hydrogens (tertiary/aromatic N) is 1. The molecule has 4 nitrogen and oxygen atoms in total. The Morgan fingerprint density at radius 1 is 1.53 bits per heavy atom. The molecule has 1 fully saturated rings. The third-order valence-corrected chi connectivity index (χ3v) is 2.54. The largest absolute Gasteiger partial charge is 0.443 e. The second kappa shape index (κ2) is 3.08. The second-order valence-corrected chi connectivity index (χ2v) is 4.98. The van der Waals surface area contributed by atoms with Gasteiger partial charge in [-0.05, 0) is 33.6 Å². The Balaban J connectivity index is 2.10. The Kier molecular flexibility index (Phi) is 2.10. The number of amides is 2. The molecule has 0 saturated carbocycles. The van der Waals surface area contributed by atoms with Crippen molar-refractivity contribution in [2.24, 2.45) is 0 Å². The summed E-state index contributed by atoms with van der Waals surface area (Å²) in [5.74, 6) is -0.180. The molecular weight excluding hydrogens is 194 g/mol. The quantitative estimate of drug-likeness (QED) is 0.611. The van der Waals surface area contributed by atoms with Gasteiger partial charge in [-0.25, -0.2) is 9.69 Å². The Hall–Kier alpha value is -1.32. The van der Waals surface area contributed by atoms with Crippen LogP contribution in [0.3, 0.4) is 0 Å². The molecule has 4 heteroatoms. The van der Waals surface area contributed by atoms with Crippen LogP contribution >= 0.6 is 0 Å². The van der Waals surface area contributed by atoms with Gasteiger partial charge < -0.3 is 4.74 Å². The lowest BCUT2D eigenvalue weighted by molar-refractivity contribution is -0.125. The van der Waals surface area contributed by atoms with Crippen molar-refractivity contribution in [3.63, 3.8) is 0 Å². The van der Waals surface area contributed by atoms with Crippen LogP contribution in [0.1, 0.15) is 33.6 Å². The number of hydrogen-bond donors (Lipinski definition) is 0. The number of carbonyl (C=O) groups excluding carboxylic acids is 2. The van der Waals surface area contributed by atoms with Crippen LogP contribution in [0, 0.1) is 0 Å². The first-order chi connectivity index (χ1) is 6.88. The van der Waals surface area contributed by atoms with Gasteiger partial charge >= 0.3 is 6.09 Å². The smallest absolute Gasteiger partial charge is 0.417 e. The first-order valence-corrected chi connectivity index (χ1v) is 5.14. The van der Waals surface area contributed by atoms with Crippen molar-refractivity contribution < 1.29 is 14.3 Å². The van der Waals surface area contributed by atoms with Crippen LogP contribution in [0.15, 0.2) is 11.6 Å². The molecule has 0 radical (unpaired) electrons. The highest BCUT2D eigenvalue weighted by Gasteiger charge is 2.44. The van der Waals surface area contributed by atoms with E-state index in [4.69, 9.17) is 4.74 Å². The molecule has 1 aliphatic carbocycles. The van der Waals surface area contributed by atoms with E-state index in [1.807, 2.05) is 6.08 Å². The fraction of sp³-hybridized carbons (Fsp3) is 0.636. The van der Waals surface area contributed by atoms with Crippen molar-refractivity contribution in [1.82, 2.24) is 4.90 Å². The predicted molar refractivity (Wildman–Crippen MR) is 54.2 cm³/mol. The van der Waals surface area contributed by atoms with E-state index in [1.54, 1.807) is 20.8 Å². The monoisotopic (exact) mass is 209 g/mol. The van der Waals surface area contributed by atoms with Gasteiger partial charge in [-0.2, -0.15) is 0 Å². The van der Waals surface area contributed by atoms with Gasteiger partial charge in [-0.1, -0.05) is 6.08 Å². The Bertz CT molecular complexity index is 351. The van der Waals surface area contributed by atoms with Gasteiger partial charge in [0.05, 0.1) is 6.04 Å². The van der Waals surface area contributed by atoms with Gasteiger partial charge in [0.1, 0.15) is 5.60 Å². The molecule has 1 aliphatic heterocycles. The molecule has 0 N–H and O–H groups in total. The summed E-state index contributed by atoms with van der Waals surface area (Å²) >= 11 is 0. The topological polar surface area (TPSA) is 46.6 Å². The van der Waals surface area contributed by atoms with Gasteiger partial charge in [0.25, 0.3) is 5.91 Å². The molecule has 2 bridgehead atoms. The number of imide groups is 1. The molecule has 0 unspecified atom stereocenters. The molecule has 2 amide bonds. The van der Waals surface area contributed by atoms with Crippen molar-refractivity contribution in [2.45, 2.75) is 45.3 Å². The van der Waals surface area contributed by atoms with E-state index in [2.05, 4.69) is 0 Å². The molecule has 0 aromatic heterocycles. The van der Waals surface area contributed by atoms with E-state index in [1.165, 1.54) is 4.90 Å². The molecule has 1 atom stereocenters. The van der Waals surface area contributed by atoms with Crippen LogP contribution < -0.4 is 0 Å². The molecule has 1 heterocycles. The molecule has 0 aromatic carbocycles. The van der Waals surface area contributed by atoms with Gasteiger partial charge in [0.2, 0.25) is 0 Å². The average molecular weight is 209 g/mol. The van der Waals surface area contributed by atoms with Crippen LogP contribution in [0.5, 0.6) is 0 Å². The number of fused-ring (bicyclic) bond motifs is 2. The summed E-state index contributed by atoms with van der Waals surface area (Å²) in [6, 6.07) is 0.00218. The molecule has 15 heavy (non-hydrogen) atoms. The zero-order chi connectivity index (χ0) is 11.2. The van der Waals surface area contributed by atoms with Crippen LogP contribution in [0.4, 0.5) is 4.79 Å². The second-order valence-electron chi connectivity index (χ2n) is 4.98. The molecule has 2 aliphatic rings. The summed E-state index contributed by atoms with van der Waals surface area (Å²) in [5.41, 5.74) is 0.207. The maximum atomic E-state index is 11.7. The fourth-order valence-corrected chi connectivity index (χ4v) is 1.93. The minimum atomic E-state index is -0.548. The van der Waals surface area contributed by atoms with E-state index in [0.29, 0.717) is 6.42 Å². The van der Waals surface area contributed by atoms with E-state index in [-0.39, 0.29) is 11.9 Å². The van der Waals surface area contributed by atoms with E-state index in [9.17, 15) is 9.59 Å². The Labute approximate surface area is 88.9 Å². The summed E-state index contributed by atoms with van der Waals surface area (Å²) in [6.07, 6.45) is 2.87. The number of likely N-dealkylation sites (tertiary alicyclic amines) is 1. The van der Waals surface area contributed by atoms with E-state index in [0.717, 1.165) is 12.0 Å². The maximum absolute atomic E-state index is 11.7. The zero-order valence-corrected chi connectivity index (χ0v) is 9.24. The number of carbonyl (C=O) groups is 2. The Morgan fingerprint density at radius 3 is 2.67 bits per heavy atom. The first kappa shape index (κ1) is 10.2. The van der Waals surface area contributed by atoms with Crippen LogP contribution in [0.25, 0.3) is 0 Å². The van der Waals surface area contributed by atoms with Crippen molar-refractivity contribution in [3.8, 4) is 0 Å². The molecule has 82 valence electrons. The summed E-state index contributed by atoms with van der Waals surface area (Å²) in [7, 11) is 0. The summed E-state index contributed by atoms with van der Waals surface area (Å²) in [6.45, 7) is 5.38. The molecular formula is C11H15NO3. The van der Waals surface area contributed by atoms with Crippen molar-refractivity contribution in [2.75, 3.05) is 0 Å². The summed E-state index contributed by atoms with van der Waals surface area (Å²) in [4.78, 5) is 24.6. The van der Waals surface area contributed by atoms with Gasteiger partial charge in [0, 0.05) is 5.57 Å². The third-order valence-electron chi connectivity index (χ3n) is 2.54.